The number of aromatic hydroxyl groups is 1. The molecule has 126 valence electrons. The molecule has 6 heteroatoms. The van der Waals surface area contributed by atoms with Crippen LogP contribution in [-0.2, 0) is 0 Å². The van der Waals surface area contributed by atoms with E-state index in [0.29, 0.717) is 22.5 Å². The van der Waals surface area contributed by atoms with Gasteiger partial charge in [0.1, 0.15) is 0 Å². The van der Waals surface area contributed by atoms with Crippen molar-refractivity contribution in [3.63, 3.8) is 0 Å². The lowest BCUT2D eigenvalue weighted by Gasteiger charge is -2.06. The molecule has 0 saturated carbocycles. The molecule has 3 aromatic rings. The highest BCUT2D eigenvalue weighted by atomic mass is 16.5. The normalized spacial score (nSPS) is 10.4. The Hall–Kier alpha value is -3.98. The number of carbonyl (C=O) groups is 1. The van der Waals surface area contributed by atoms with Crippen molar-refractivity contribution in [2.45, 2.75) is 0 Å². The Labute approximate surface area is 149 Å². The minimum atomic E-state index is -0.581. The van der Waals surface area contributed by atoms with E-state index >= 15 is 0 Å². The van der Waals surface area contributed by atoms with E-state index in [1.54, 1.807) is 60.7 Å². The van der Waals surface area contributed by atoms with Crippen LogP contribution in [0.4, 0.5) is 11.4 Å². The smallest absolute Gasteiger partial charge is 0.343 e. The first kappa shape index (κ1) is 16.9. The fraction of sp³-hybridized carbons (Fsp3) is 0. The van der Waals surface area contributed by atoms with Gasteiger partial charge in [-0.2, -0.15) is 15.5 Å². The number of phenols is 1. The topological polar surface area (TPSA) is 95.0 Å². The van der Waals surface area contributed by atoms with Gasteiger partial charge in [-0.1, -0.05) is 18.2 Å². The van der Waals surface area contributed by atoms with Crippen molar-refractivity contribution >= 4 is 17.3 Å². The van der Waals surface area contributed by atoms with Crippen molar-refractivity contribution in [2.75, 3.05) is 0 Å². The third-order valence-electron chi connectivity index (χ3n) is 3.43. The number of esters is 1. The SMILES string of the molecule is N#Cc1ccc(N=Nc2ccc(O)c(OC(=O)c3ccccc3)c2)cc1. The monoisotopic (exact) mass is 343 g/mol. The summed E-state index contributed by atoms with van der Waals surface area (Å²) in [4.78, 5) is 12.1. The molecule has 0 aliphatic heterocycles. The zero-order valence-corrected chi connectivity index (χ0v) is 13.5. The molecule has 0 spiro atoms. The van der Waals surface area contributed by atoms with E-state index < -0.39 is 5.97 Å². The zero-order chi connectivity index (χ0) is 18.4. The van der Waals surface area contributed by atoms with E-state index in [0.717, 1.165) is 0 Å². The summed E-state index contributed by atoms with van der Waals surface area (Å²) < 4.78 is 5.23. The quantitative estimate of drug-likeness (QED) is 0.414. The highest BCUT2D eigenvalue weighted by Crippen LogP contribution is 2.32. The van der Waals surface area contributed by atoms with Crippen LogP contribution in [0.5, 0.6) is 11.5 Å². The maximum Gasteiger partial charge on any atom is 0.343 e. The molecule has 26 heavy (non-hydrogen) atoms. The van der Waals surface area contributed by atoms with Gasteiger partial charge in [-0.05, 0) is 48.5 Å². The summed E-state index contributed by atoms with van der Waals surface area (Å²) >= 11 is 0. The highest BCUT2D eigenvalue weighted by molar-refractivity contribution is 5.91. The molecule has 6 nitrogen and oxygen atoms in total. The van der Waals surface area contributed by atoms with Crippen molar-refractivity contribution in [3.05, 3.63) is 83.9 Å². The highest BCUT2D eigenvalue weighted by Gasteiger charge is 2.12. The first-order valence-electron chi connectivity index (χ1n) is 7.68. The van der Waals surface area contributed by atoms with E-state index in [-0.39, 0.29) is 11.5 Å². The number of phenolic OH excluding ortho intramolecular Hbond substituents is 1. The standard InChI is InChI=1S/C20H13N3O3/c21-13-14-6-8-16(9-7-14)22-23-17-10-11-18(24)19(12-17)26-20(25)15-4-2-1-3-5-15/h1-12,24H. The second kappa shape index (κ2) is 7.73. The Bertz CT molecular complexity index is 991. The molecular formula is C20H13N3O3. The second-order valence-electron chi connectivity index (χ2n) is 5.27. The summed E-state index contributed by atoms with van der Waals surface area (Å²) in [5.41, 5.74) is 1.88. The average Bonchev–Trinajstić information content (AvgIpc) is 2.69. The Kier molecular flexibility index (Phi) is 5.01. The molecule has 3 aromatic carbocycles. The van der Waals surface area contributed by atoms with Gasteiger partial charge in [0, 0.05) is 6.07 Å². The van der Waals surface area contributed by atoms with Gasteiger partial charge >= 0.3 is 5.97 Å². The minimum absolute atomic E-state index is 0.00451. The molecule has 0 heterocycles. The zero-order valence-electron chi connectivity index (χ0n) is 13.5. The van der Waals surface area contributed by atoms with Gasteiger partial charge < -0.3 is 9.84 Å². The summed E-state index contributed by atoms with van der Waals surface area (Å²) in [5.74, 6) is -0.760. The van der Waals surface area contributed by atoms with Gasteiger partial charge in [0.2, 0.25) is 0 Å². The number of nitriles is 1. The molecule has 0 aromatic heterocycles. The average molecular weight is 343 g/mol. The predicted octanol–water partition coefficient (Wildman–Crippen LogP) is 4.90. The summed E-state index contributed by atoms with van der Waals surface area (Å²) in [6.07, 6.45) is 0. The van der Waals surface area contributed by atoms with E-state index in [9.17, 15) is 9.90 Å². The van der Waals surface area contributed by atoms with Crippen molar-refractivity contribution < 1.29 is 14.6 Å². The molecule has 0 fully saturated rings. The predicted molar refractivity (Wildman–Crippen MR) is 94.8 cm³/mol. The van der Waals surface area contributed by atoms with Crippen LogP contribution in [0.2, 0.25) is 0 Å². The Morgan fingerprint density at radius 1 is 0.923 bits per heavy atom. The first-order chi connectivity index (χ1) is 12.7. The molecule has 0 aliphatic carbocycles. The van der Waals surface area contributed by atoms with Crippen LogP contribution in [0.15, 0.2) is 83.0 Å². The van der Waals surface area contributed by atoms with Crippen LogP contribution in [0.3, 0.4) is 0 Å². The molecular weight excluding hydrogens is 330 g/mol. The lowest BCUT2D eigenvalue weighted by atomic mass is 10.2. The molecule has 0 aliphatic rings. The summed E-state index contributed by atoms with van der Waals surface area (Å²) in [5, 5.41) is 26.8. The molecule has 0 atom stereocenters. The third kappa shape index (κ3) is 4.10. The summed E-state index contributed by atoms with van der Waals surface area (Å²) in [7, 11) is 0. The number of rotatable bonds is 4. The van der Waals surface area contributed by atoms with E-state index in [2.05, 4.69) is 10.2 Å². The molecule has 0 bridgehead atoms. The van der Waals surface area contributed by atoms with E-state index in [4.69, 9.17) is 10.00 Å². The van der Waals surface area contributed by atoms with Crippen molar-refractivity contribution in [2.24, 2.45) is 10.2 Å². The number of carbonyl (C=O) groups excluding carboxylic acids is 1. The van der Waals surface area contributed by atoms with Crippen LogP contribution in [0, 0.1) is 11.3 Å². The van der Waals surface area contributed by atoms with Gasteiger partial charge in [-0.15, -0.1) is 0 Å². The molecule has 1 N–H and O–H groups in total. The number of nitrogens with zero attached hydrogens (tertiary/aromatic N) is 3. The van der Waals surface area contributed by atoms with E-state index in [1.807, 2.05) is 6.07 Å². The van der Waals surface area contributed by atoms with E-state index in [1.165, 1.54) is 12.1 Å². The maximum atomic E-state index is 12.1. The number of hydrogen-bond donors (Lipinski definition) is 1. The van der Waals surface area contributed by atoms with Gasteiger partial charge in [0.05, 0.1) is 28.6 Å². The lowest BCUT2D eigenvalue weighted by Crippen LogP contribution is -2.08. The van der Waals surface area contributed by atoms with Crippen molar-refractivity contribution in [1.29, 1.82) is 5.26 Å². The van der Waals surface area contributed by atoms with Gasteiger partial charge in [0.15, 0.2) is 11.5 Å². The summed E-state index contributed by atoms with van der Waals surface area (Å²) in [6.45, 7) is 0. The van der Waals surface area contributed by atoms with Crippen LogP contribution in [0.25, 0.3) is 0 Å². The fourth-order valence-electron chi connectivity index (χ4n) is 2.10. The van der Waals surface area contributed by atoms with Gasteiger partial charge in [-0.3, -0.25) is 0 Å². The summed E-state index contributed by atoms with van der Waals surface area (Å²) in [6, 6.07) is 21.4. The Balaban J connectivity index is 1.77. The van der Waals surface area contributed by atoms with Crippen molar-refractivity contribution in [1.82, 2.24) is 0 Å². The number of azo groups is 1. The number of hydrogen-bond acceptors (Lipinski definition) is 6. The lowest BCUT2D eigenvalue weighted by molar-refractivity contribution is 0.0730. The molecule has 0 saturated heterocycles. The van der Waals surface area contributed by atoms with Crippen LogP contribution in [-0.4, -0.2) is 11.1 Å². The van der Waals surface area contributed by atoms with Gasteiger partial charge in [-0.25, -0.2) is 4.79 Å². The Morgan fingerprint density at radius 2 is 1.58 bits per heavy atom. The Morgan fingerprint density at radius 3 is 2.27 bits per heavy atom. The van der Waals surface area contributed by atoms with Crippen LogP contribution >= 0.6 is 0 Å². The molecule has 3 rings (SSSR count). The fourth-order valence-corrected chi connectivity index (χ4v) is 2.10. The van der Waals surface area contributed by atoms with Crippen LogP contribution in [0.1, 0.15) is 15.9 Å². The second-order valence-corrected chi connectivity index (χ2v) is 5.27. The molecule has 0 unspecified atom stereocenters. The van der Waals surface area contributed by atoms with Crippen molar-refractivity contribution in [3.8, 4) is 17.6 Å². The van der Waals surface area contributed by atoms with Crippen LogP contribution < -0.4 is 4.74 Å². The number of benzene rings is 3. The minimum Gasteiger partial charge on any atom is -0.504 e. The molecule has 0 amide bonds. The van der Waals surface area contributed by atoms with Gasteiger partial charge in [0.25, 0.3) is 0 Å². The largest absolute Gasteiger partial charge is 0.504 e. The number of ether oxygens (including phenoxy) is 1. The molecule has 0 radical (unpaired) electrons. The maximum absolute atomic E-state index is 12.1. The first-order valence-corrected chi connectivity index (χ1v) is 7.68. The third-order valence-corrected chi connectivity index (χ3v) is 3.43.